The predicted molar refractivity (Wildman–Crippen MR) is 59.1 cm³/mol. The minimum atomic E-state index is -0.0942. The largest absolute Gasteiger partial charge is 0.380 e. The smallest absolute Gasteiger partial charge is 0.293 e. The quantitative estimate of drug-likeness (QED) is 0.779. The van der Waals surface area contributed by atoms with Gasteiger partial charge in [-0.2, -0.15) is 0 Å². The van der Waals surface area contributed by atoms with Crippen LogP contribution in [0.15, 0.2) is 17.2 Å². The van der Waals surface area contributed by atoms with E-state index in [0.717, 1.165) is 0 Å². The summed E-state index contributed by atoms with van der Waals surface area (Å²) in [5.41, 5.74) is -0.0942. The van der Waals surface area contributed by atoms with Crippen molar-refractivity contribution in [2.75, 3.05) is 19.0 Å². The average molecular weight is 211 g/mol. The van der Waals surface area contributed by atoms with E-state index in [4.69, 9.17) is 4.74 Å². The van der Waals surface area contributed by atoms with Gasteiger partial charge in [-0.3, -0.25) is 4.79 Å². The third-order valence-electron chi connectivity index (χ3n) is 2.21. The molecule has 0 aliphatic carbocycles. The van der Waals surface area contributed by atoms with Crippen LogP contribution in [0.2, 0.25) is 0 Å². The fourth-order valence-corrected chi connectivity index (χ4v) is 1.14. The number of methoxy groups -OCH3 is 1. The van der Waals surface area contributed by atoms with E-state index in [1.807, 2.05) is 13.8 Å². The lowest BCUT2D eigenvalue weighted by Gasteiger charge is -2.11. The van der Waals surface area contributed by atoms with Gasteiger partial charge in [0, 0.05) is 32.6 Å². The van der Waals surface area contributed by atoms with E-state index in [0.29, 0.717) is 18.9 Å². The summed E-state index contributed by atoms with van der Waals surface area (Å²) in [5.74, 6) is 0.378. The highest BCUT2D eigenvalue weighted by Crippen LogP contribution is 1.95. The molecule has 84 valence electrons. The van der Waals surface area contributed by atoms with Crippen molar-refractivity contribution in [2.45, 2.75) is 26.5 Å². The Labute approximate surface area is 89.1 Å². The van der Waals surface area contributed by atoms with Crippen LogP contribution in [-0.4, -0.2) is 29.3 Å². The molecule has 0 saturated heterocycles. The maximum Gasteiger partial charge on any atom is 0.293 e. The zero-order valence-corrected chi connectivity index (χ0v) is 9.36. The molecule has 0 aliphatic rings. The molecule has 1 aromatic rings. The lowest BCUT2D eigenvalue weighted by atomic mass is 10.4. The summed E-state index contributed by atoms with van der Waals surface area (Å²) in [5, 5.41) is 2.97. The number of anilines is 1. The van der Waals surface area contributed by atoms with E-state index in [1.165, 1.54) is 0 Å². The Morgan fingerprint density at radius 2 is 2.40 bits per heavy atom. The summed E-state index contributed by atoms with van der Waals surface area (Å²) < 4.78 is 6.67. The second kappa shape index (κ2) is 5.50. The molecule has 1 atom stereocenters. The van der Waals surface area contributed by atoms with Crippen LogP contribution < -0.4 is 10.9 Å². The summed E-state index contributed by atoms with van der Waals surface area (Å²) >= 11 is 0. The Balaban J connectivity index is 2.73. The fraction of sp³-hybridized carbons (Fsp3) is 0.600. The lowest BCUT2D eigenvalue weighted by molar-refractivity contribution is 0.128. The summed E-state index contributed by atoms with van der Waals surface area (Å²) in [4.78, 5) is 15.7. The Hall–Kier alpha value is -1.36. The molecule has 0 radical (unpaired) electrons. The molecule has 5 heteroatoms. The van der Waals surface area contributed by atoms with Crippen LogP contribution in [0.5, 0.6) is 0 Å². The van der Waals surface area contributed by atoms with Crippen molar-refractivity contribution < 1.29 is 4.74 Å². The van der Waals surface area contributed by atoms with Crippen LogP contribution in [0, 0.1) is 0 Å². The monoisotopic (exact) mass is 211 g/mol. The SMILES string of the molecule is CCn1ccnc(NCC(C)OC)c1=O. The molecule has 0 aliphatic heterocycles. The Morgan fingerprint density at radius 3 is 3.00 bits per heavy atom. The van der Waals surface area contributed by atoms with Crippen molar-refractivity contribution in [3.63, 3.8) is 0 Å². The summed E-state index contributed by atoms with van der Waals surface area (Å²) in [6.07, 6.45) is 3.35. The highest BCUT2D eigenvalue weighted by molar-refractivity contribution is 5.30. The standard InChI is InChI=1S/C10H17N3O2/c1-4-13-6-5-11-9(10(13)14)12-7-8(2)15-3/h5-6,8H,4,7H2,1-3H3,(H,11,12). The highest BCUT2D eigenvalue weighted by atomic mass is 16.5. The molecule has 5 nitrogen and oxygen atoms in total. The van der Waals surface area contributed by atoms with Crippen molar-refractivity contribution in [1.82, 2.24) is 9.55 Å². The maximum absolute atomic E-state index is 11.7. The molecular weight excluding hydrogens is 194 g/mol. The summed E-state index contributed by atoms with van der Waals surface area (Å²) in [6, 6.07) is 0. The van der Waals surface area contributed by atoms with Crippen LogP contribution >= 0.6 is 0 Å². The molecule has 1 aromatic heterocycles. The third kappa shape index (κ3) is 3.06. The van der Waals surface area contributed by atoms with Gasteiger partial charge in [-0.05, 0) is 13.8 Å². The first-order valence-corrected chi connectivity index (χ1v) is 5.01. The molecule has 0 spiro atoms. The number of aryl methyl sites for hydroxylation is 1. The van der Waals surface area contributed by atoms with Gasteiger partial charge in [0.2, 0.25) is 0 Å². The van der Waals surface area contributed by atoms with Crippen molar-refractivity contribution in [3.8, 4) is 0 Å². The van der Waals surface area contributed by atoms with E-state index >= 15 is 0 Å². The van der Waals surface area contributed by atoms with E-state index < -0.39 is 0 Å². The number of hydrogen-bond acceptors (Lipinski definition) is 4. The molecule has 0 amide bonds. The summed E-state index contributed by atoms with van der Waals surface area (Å²) in [7, 11) is 1.63. The van der Waals surface area contributed by atoms with Crippen LogP contribution in [0.1, 0.15) is 13.8 Å². The zero-order valence-electron chi connectivity index (χ0n) is 9.36. The van der Waals surface area contributed by atoms with Crippen LogP contribution in [0.4, 0.5) is 5.82 Å². The molecule has 1 rings (SSSR count). The first-order chi connectivity index (χ1) is 7.19. The Bertz CT molecular complexity index is 362. The van der Waals surface area contributed by atoms with Gasteiger partial charge in [-0.15, -0.1) is 0 Å². The fourth-order valence-electron chi connectivity index (χ4n) is 1.14. The molecule has 1 heterocycles. The molecule has 0 fully saturated rings. The van der Waals surface area contributed by atoms with Crippen LogP contribution in [0.25, 0.3) is 0 Å². The van der Waals surface area contributed by atoms with Crippen molar-refractivity contribution in [2.24, 2.45) is 0 Å². The third-order valence-corrected chi connectivity index (χ3v) is 2.21. The van der Waals surface area contributed by atoms with Crippen LogP contribution in [-0.2, 0) is 11.3 Å². The van der Waals surface area contributed by atoms with Gasteiger partial charge in [-0.25, -0.2) is 4.98 Å². The van der Waals surface area contributed by atoms with E-state index in [1.54, 1.807) is 24.1 Å². The summed E-state index contributed by atoms with van der Waals surface area (Å²) in [6.45, 7) is 5.07. The molecule has 0 aromatic carbocycles. The number of nitrogens with zero attached hydrogens (tertiary/aromatic N) is 2. The Morgan fingerprint density at radius 1 is 1.67 bits per heavy atom. The van der Waals surface area contributed by atoms with Crippen molar-refractivity contribution in [3.05, 3.63) is 22.7 Å². The van der Waals surface area contributed by atoms with Gasteiger partial charge in [0.15, 0.2) is 5.82 Å². The second-order valence-corrected chi connectivity index (χ2v) is 3.29. The lowest BCUT2D eigenvalue weighted by Crippen LogP contribution is -2.27. The van der Waals surface area contributed by atoms with Gasteiger partial charge in [-0.1, -0.05) is 0 Å². The van der Waals surface area contributed by atoms with E-state index in [-0.39, 0.29) is 11.7 Å². The van der Waals surface area contributed by atoms with Gasteiger partial charge in [0.05, 0.1) is 6.10 Å². The minimum Gasteiger partial charge on any atom is -0.380 e. The minimum absolute atomic E-state index is 0.0569. The molecule has 0 saturated carbocycles. The van der Waals surface area contributed by atoms with Gasteiger partial charge >= 0.3 is 0 Å². The van der Waals surface area contributed by atoms with Crippen molar-refractivity contribution >= 4 is 5.82 Å². The highest BCUT2D eigenvalue weighted by Gasteiger charge is 2.04. The van der Waals surface area contributed by atoms with E-state index in [9.17, 15) is 4.79 Å². The van der Waals surface area contributed by atoms with Crippen LogP contribution in [0.3, 0.4) is 0 Å². The van der Waals surface area contributed by atoms with E-state index in [2.05, 4.69) is 10.3 Å². The normalized spacial score (nSPS) is 12.5. The zero-order chi connectivity index (χ0) is 11.3. The molecule has 1 N–H and O–H groups in total. The molecule has 0 bridgehead atoms. The second-order valence-electron chi connectivity index (χ2n) is 3.29. The number of aromatic nitrogens is 2. The predicted octanol–water partition coefficient (Wildman–Crippen LogP) is 0.710. The molecule has 1 unspecified atom stereocenters. The Kier molecular flexibility index (Phi) is 4.30. The average Bonchev–Trinajstić information content (AvgIpc) is 2.27. The number of ether oxygens (including phenoxy) is 1. The number of hydrogen-bond donors (Lipinski definition) is 1. The van der Waals surface area contributed by atoms with Gasteiger partial charge in [0.1, 0.15) is 0 Å². The van der Waals surface area contributed by atoms with Gasteiger partial charge < -0.3 is 14.6 Å². The molecule has 15 heavy (non-hydrogen) atoms. The van der Waals surface area contributed by atoms with Crippen molar-refractivity contribution in [1.29, 1.82) is 0 Å². The molecular formula is C10H17N3O2. The number of nitrogens with one attached hydrogen (secondary N) is 1. The first kappa shape index (κ1) is 11.7. The first-order valence-electron chi connectivity index (χ1n) is 5.01. The topological polar surface area (TPSA) is 56.1 Å². The van der Waals surface area contributed by atoms with Gasteiger partial charge in [0.25, 0.3) is 5.56 Å². The number of rotatable bonds is 5. The maximum atomic E-state index is 11.7.